The number of aromatic nitrogens is 2. The van der Waals surface area contributed by atoms with Gasteiger partial charge in [0, 0.05) is 19.6 Å². The lowest BCUT2D eigenvalue weighted by Crippen LogP contribution is -2.60. The summed E-state index contributed by atoms with van der Waals surface area (Å²) in [4.78, 5) is 24.0. The molecule has 3 aromatic rings. The van der Waals surface area contributed by atoms with Gasteiger partial charge in [0.15, 0.2) is 6.19 Å². The number of halogens is 3. The van der Waals surface area contributed by atoms with Gasteiger partial charge in [0.05, 0.1) is 29.0 Å². The molecule has 1 aromatic heterocycles. The Morgan fingerprint density at radius 1 is 1.16 bits per heavy atom. The summed E-state index contributed by atoms with van der Waals surface area (Å²) in [6.07, 6.45) is -1.04. The Balaban J connectivity index is 0.000000505. The van der Waals surface area contributed by atoms with Crippen LogP contribution in [-0.4, -0.2) is 63.8 Å². The maximum atomic E-state index is 10.6. The number of carbonyl (C=O) groups is 1. The zero-order valence-corrected chi connectivity index (χ0v) is 21.1. The molecule has 9 nitrogen and oxygen atoms in total. The summed E-state index contributed by atoms with van der Waals surface area (Å²) in [7, 11) is 0. The highest BCUT2D eigenvalue weighted by molar-refractivity contribution is 5.97. The van der Waals surface area contributed by atoms with Gasteiger partial charge in [-0.15, -0.1) is 0 Å². The van der Waals surface area contributed by atoms with Crippen LogP contribution in [0.1, 0.15) is 19.4 Å². The van der Waals surface area contributed by atoms with Crippen LogP contribution in [0.2, 0.25) is 0 Å². The Hall–Kier alpha value is -4.40. The number of aliphatic carboxylic acids is 1. The average Bonchev–Trinajstić information content (AvgIpc) is 2.89. The van der Waals surface area contributed by atoms with Crippen LogP contribution >= 0.6 is 0 Å². The van der Waals surface area contributed by atoms with E-state index in [1.807, 2.05) is 66.6 Å². The molecule has 0 amide bonds. The highest BCUT2D eigenvalue weighted by atomic mass is 19.4. The minimum Gasteiger partial charge on any atom is -0.475 e. The number of benzene rings is 2. The molecule has 0 saturated carbocycles. The second-order valence-corrected chi connectivity index (χ2v) is 9.02. The number of rotatable bonds is 3. The zero-order chi connectivity index (χ0) is 28.0. The molecule has 2 heterocycles. The Kier molecular flexibility index (Phi) is 8.72. The van der Waals surface area contributed by atoms with E-state index in [4.69, 9.17) is 20.3 Å². The summed E-state index contributed by atoms with van der Waals surface area (Å²) in [6, 6.07) is 15.6. The van der Waals surface area contributed by atoms with Crippen LogP contribution in [0.3, 0.4) is 0 Å². The van der Waals surface area contributed by atoms with Crippen LogP contribution in [0, 0.1) is 29.7 Å². The molecule has 1 saturated heterocycles. The zero-order valence-electron chi connectivity index (χ0n) is 21.1. The van der Waals surface area contributed by atoms with E-state index in [2.05, 4.69) is 29.9 Å². The molecule has 1 atom stereocenters. The van der Waals surface area contributed by atoms with E-state index in [1.165, 1.54) is 4.90 Å². The number of hydrogen-bond acceptors (Lipinski definition) is 6. The number of para-hydroxylation sites is 3. The molecule has 0 unspecified atom stereocenters. The SMILES string of the molecule is Cc1ccccc1N(C#N)C(=N)N1CCN(c2cnc3ccccc3n2)C[C@H]1C(C)C.O=C(O)C(F)(F)F. The molecule has 12 heteroatoms. The monoisotopic (exact) mass is 527 g/mol. The van der Waals surface area contributed by atoms with E-state index in [0.717, 1.165) is 34.6 Å². The number of carboxylic acids is 1. The number of hydrogen-bond donors (Lipinski definition) is 2. The van der Waals surface area contributed by atoms with Crippen LogP contribution in [0.25, 0.3) is 11.0 Å². The molecule has 4 rings (SSSR count). The van der Waals surface area contributed by atoms with Crippen molar-refractivity contribution in [3.8, 4) is 6.19 Å². The fraction of sp³-hybridized carbons (Fsp3) is 0.346. The largest absolute Gasteiger partial charge is 0.490 e. The van der Waals surface area contributed by atoms with Crippen molar-refractivity contribution in [2.75, 3.05) is 29.4 Å². The maximum Gasteiger partial charge on any atom is 0.490 e. The lowest BCUT2D eigenvalue weighted by Gasteiger charge is -2.45. The van der Waals surface area contributed by atoms with Crippen molar-refractivity contribution in [2.45, 2.75) is 33.0 Å². The molecule has 0 aliphatic carbocycles. The second kappa shape index (κ2) is 11.8. The van der Waals surface area contributed by atoms with E-state index in [1.54, 1.807) is 0 Å². The molecule has 1 fully saturated rings. The summed E-state index contributed by atoms with van der Waals surface area (Å²) in [5.74, 6) is -1.38. The van der Waals surface area contributed by atoms with Gasteiger partial charge in [-0.05, 0) is 36.6 Å². The Morgan fingerprint density at radius 3 is 2.34 bits per heavy atom. The number of nitrogens with zero attached hydrogens (tertiary/aromatic N) is 6. The first-order chi connectivity index (χ1) is 17.9. The van der Waals surface area contributed by atoms with Crippen molar-refractivity contribution < 1.29 is 23.1 Å². The maximum absolute atomic E-state index is 10.6. The highest BCUT2D eigenvalue weighted by Gasteiger charge is 2.38. The Bertz CT molecular complexity index is 1340. The third-order valence-corrected chi connectivity index (χ3v) is 6.13. The quantitative estimate of drug-likeness (QED) is 0.219. The first-order valence-corrected chi connectivity index (χ1v) is 11.8. The molecular formula is C26H28F3N7O2. The number of aryl methyl sites for hydroxylation is 1. The molecule has 38 heavy (non-hydrogen) atoms. The number of guanidine groups is 1. The van der Waals surface area contributed by atoms with E-state index >= 15 is 0 Å². The molecular weight excluding hydrogens is 499 g/mol. The van der Waals surface area contributed by atoms with Crippen molar-refractivity contribution >= 4 is 34.5 Å². The fourth-order valence-corrected chi connectivity index (χ4v) is 4.11. The van der Waals surface area contributed by atoms with E-state index in [9.17, 15) is 18.4 Å². The molecule has 1 aliphatic heterocycles. The minimum absolute atomic E-state index is 0.0781. The number of alkyl halides is 3. The number of nitriles is 1. The normalized spacial score (nSPS) is 15.5. The molecule has 0 radical (unpaired) electrons. The number of fused-ring (bicyclic) bond motifs is 1. The van der Waals surface area contributed by atoms with Gasteiger partial charge < -0.3 is 14.9 Å². The Morgan fingerprint density at radius 2 is 1.76 bits per heavy atom. The van der Waals surface area contributed by atoms with Gasteiger partial charge >= 0.3 is 12.1 Å². The van der Waals surface area contributed by atoms with Gasteiger partial charge in [0.1, 0.15) is 5.82 Å². The van der Waals surface area contributed by atoms with Gasteiger partial charge in [-0.2, -0.15) is 18.4 Å². The van der Waals surface area contributed by atoms with Gasteiger partial charge in [-0.25, -0.2) is 14.7 Å². The van der Waals surface area contributed by atoms with Crippen LogP contribution in [0.15, 0.2) is 54.7 Å². The van der Waals surface area contributed by atoms with E-state index in [-0.39, 0.29) is 12.0 Å². The predicted octanol–water partition coefficient (Wildman–Crippen LogP) is 4.64. The number of carboxylic acid groups (broad SMARTS) is 1. The summed E-state index contributed by atoms with van der Waals surface area (Å²) in [6.45, 7) is 8.35. The summed E-state index contributed by atoms with van der Waals surface area (Å²) in [5.41, 5.74) is 3.49. The molecule has 1 aliphatic rings. The van der Waals surface area contributed by atoms with Crippen molar-refractivity contribution in [2.24, 2.45) is 5.92 Å². The lowest BCUT2D eigenvalue weighted by atomic mass is 9.99. The van der Waals surface area contributed by atoms with Gasteiger partial charge in [0.2, 0.25) is 5.96 Å². The van der Waals surface area contributed by atoms with E-state index < -0.39 is 12.1 Å². The van der Waals surface area contributed by atoms with Crippen LogP contribution in [0.5, 0.6) is 0 Å². The third kappa shape index (κ3) is 6.47. The number of nitrogens with one attached hydrogen (secondary N) is 1. The number of piperazine rings is 1. The van der Waals surface area contributed by atoms with Gasteiger partial charge in [-0.3, -0.25) is 10.4 Å². The van der Waals surface area contributed by atoms with E-state index in [0.29, 0.717) is 19.0 Å². The van der Waals surface area contributed by atoms with Crippen LogP contribution in [-0.2, 0) is 4.79 Å². The summed E-state index contributed by atoms with van der Waals surface area (Å²) in [5, 5.41) is 25.8. The first kappa shape index (κ1) is 28.2. The predicted molar refractivity (Wildman–Crippen MR) is 138 cm³/mol. The molecule has 0 bridgehead atoms. The van der Waals surface area contributed by atoms with Crippen molar-refractivity contribution in [3.63, 3.8) is 0 Å². The fourth-order valence-electron chi connectivity index (χ4n) is 4.11. The van der Waals surface area contributed by atoms with Crippen molar-refractivity contribution in [1.29, 1.82) is 10.7 Å². The highest BCUT2D eigenvalue weighted by Crippen LogP contribution is 2.26. The third-order valence-electron chi connectivity index (χ3n) is 6.13. The topological polar surface area (TPSA) is 120 Å². The Labute approximate surface area is 218 Å². The van der Waals surface area contributed by atoms with Crippen molar-refractivity contribution in [1.82, 2.24) is 14.9 Å². The number of anilines is 2. The smallest absolute Gasteiger partial charge is 0.475 e. The molecule has 2 aromatic carbocycles. The molecule has 0 spiro atoms. The van der Waals surface area contributed by atoms with Gasteiger partial charge in [0.25, 0.3) is 0 Å². The summed E-state index contributed by atoms with van der Waals surface area (Å²) < 4.78 is 31.7. The second-order valence-electron chi connectivity index (χ2n) is 9.02. The lowest BCUT2D eigenvalue weighted by molar-refractivity contribution is -0.192. The minimum atomic E-state index is -5.08. The summed E-state index contributed by atoms with van der Waals surface area (Å²) >= 11 is 0. The van der Waals surface area contributed by atoms with Gasteiger partial charge in [-0.1, -0.05) is 44.2 Å². The molecule has 200 valence electrons. The van der Waals surface area contributed by atoms with Crippen LogP contribution < -0.4 is 9.80 Å². The standard InChI is InChI=1S/C24H27N7.C2HF3O2/c1-17(2)22-15-29(23-14-27-19-9-5-6-10-20(19)28-23)12-13-30(22)24(26)31(16-25)21-11-7-4-8-18(21)3;3-2(4,5)1(6)7/h4-11,14,17,22,26H,12-13,15H2,1-3H3;(H,6,7)/t22-;/m0./s1. The first-order valence-electron chi connectivity index (χ1n) is 11.8. The van der Waals surface area contributed by atoms with Crippen molar-refractivity contribution in [3.05, 3.63) is 60.3 Å². The van der Waals surface area contributed by atoms with Crippen LogP contribution in [0.4, 0.5) is 24.7 Å². The molecule has 2 N–H and O–H groups in total. The average molecular weight is 528 g/mol.